The Kier molecular flexibility index (Phi) is 5.58. The molecule has 0 saturated carbocycles. The number of hydrogen-bond acceptors (Lipinski definition) is 3. The van der Waals surface area contributed by atoms with Crippen LogP contribution in [0.2, 0.25) is 0 Å². The van der Waals surface area contributed by atoms with Crippen molar-refractivity contribution in [2.75, 3.05) is 12.9 Å². The first kappa shape index (κ1) is 14.1. The van der Waals surface area contributed by atoms with Crippen molar-refractivity contribution >= 4 is 17.7 Å². The molecule has 2 N–H and O–H groups in total. The molecule has 0 aromatic carbocycles. The second kappa shape index (κ2) is 6.71. The Balaban J connectivity index is 2.66. The van der Waals surface area contributed by atoms with Gasteiger partial charge in [-0.1, -0.05) is 0 Å². The van der Waals surface area contributed by atoms with Gasteiger partial charge in [0.2, 0.25) is 0 Å². The van der Waals surface area contributed by atoms with Gasteiger partial charge in [0, 0.05) is 24.0 Å². The second-order valence-corrected chi connectivity index (χ2v) is 4.98. The Morgan fingerprint density at radius 2 is 2.35 bits per heavy atom. The molecule has 1 rings (SSSR count). The minimum Gasteiger partial charge on any atom is -0.395 e. The molecule has 0 saturated heterocycles. The van der Waals surface area contributed by atoms with Gasteiger partial charge in [0.25, 0.3) is 5.91 Å². The summed E-state index contributed by atoms with van der Waals surface area (Å²) in [7, 11) is 0. The van der Waals surface area contributed by atoms with Crippen molar-refractivity contribution in [3.8, 4) is 0 Å². The maximum absolute atomic E-state index is 12.0. The highest BCUT2D eigenvalue weighted by molar-refractivity contribution is 7.99. The van der Waals surface area contributed by atoms with Gasteiger partial charge in [0.05, 0.1) is 6.61 Å². The van der Waals surface area contributed by atoms with Gasteiger partial charge < -0.3 is 15.0 Å². The van der Waals surface area contributed by atoms with E-state index in [1.165, 1.54) is 0 Å². The molecule has 1 amide bonds. The first-order valence-corrected chi connectivity index (χ1v) is 7.02. The Morgan fingerprint density at radius 3 is 2.88 bits per heavy atom. The number of amides is 1. The molecular weight excluding hydrogens is 236 g/mol. The summed E-state index contributed by atoms with van der Waals surface area (Å²) in [6.07, 6.45) is 3.82. The minimum absolute atomic E-state index is 0.0315. The molecule has 2 atom stereocenters. The van der Waals surface area contributed by atoms with Crippen molar-refractivity contribution in [1.29, 1.82) is 0 Å². The summed E-state index contributed by atoms with van der Waals surface area (Å²) in [6.45, 7) is 4.75. The third-order valence-corrected chi connectivity index (χ3v) is 3.96. The lowest BCUT2D eigenvalue weighted by Gasteiger charge is -2.21. The van der Waals surface area contributed by atoms with Crippen LogP contribution in [0.5, 0.6) is 0 Å². The fraction of sp³-hybridized carbons (Fsp3) is 0.583. The van der Waals surface area contributed by atoms with E-state index < -0.39 is 0 Å². The van der Waals surface area contributed by atoms with Crippen LogP contribution in [0, 0.1) is 0 Å². The van der Waals surface area contributed by atoms with E-state index in [1.54, 1.807) is 17.8 Å². The number of nitrogens with zero attached hydrogens (tertiary/aromatic N) is 1. The average molecular weight is 256 g/mol. The number of aliphatic hydroxyl groups excluding tert-OH is 1. The van der Waals surface area contributed by atoms with Crippen molar-refractivity contribution in [3.05, 3.63) is 24.0 Å². The summed E-state index contributed by atoms with van der Waals surface area (Å²) in [5.74, 6) is -0.0862. The van der Waals surface area contributed by atoms with Crippen molar-refractivity contribution in [3.63, 3.8) is 0 Å². The topological polar surface area (TPSA) is 54.3 Å². The highest BCUT2D eigenvalue weighted by Crippen LogP contribution is 2.11. The zero-order chi connectivity index (χ0) is 12.8. The summed E-state index contributed by atoms with van der Waals surface area (Å²) >= 11 is 1.56. The zero-order valence-electron chi connectivity index (χ0n) is 10.5. The maximum atomic E-state index is 12.0. The standard InChI is InChI=1S/C12H20N2O2S/c1-4-14-7-5-6-10(14)12(16)13-9(2)11(8-15)17-3/h5-7,9,11,15H,4,8H2,1-3H3,(H,13,16). The Morgan fingerprint density at radius 1 is 1.65 bits per heavy atom. The van der Waals surface area contributed by atoms with E-state index in [0.29, 0.717) is 5.69 Å². The first-order valence-electron chi connectivity index (χ1n) is 5.73. The molecule has 0 radical (unpaired) electrons. The predicted molar refractivity (Wildman–Crippen MR) is 71.4 cm³/mol. The van der Waals surface area contributed by atoms with Crippen LogP contribution in [0.25, 0.3) is 0 Å². The van der Waals surface area contributed by atoms with Gasteiger partial charge in [-0.25, -0.2) is 0 Å². The lowest BCUT2D eigenvalue weighted by Crippen LogP contribution is -2.41. The Hall–Kier alpha value is -0.940. The van der Waals surface area contributed by atoms with Crippen molar-refractivity contribution in [2.45, 2.75) is 31.7 Å². The number of carbonyl (C=O) groups excluding carboxylic acids is 1. The van der Waals surface area contributed by atoms with Crippen LogP contribution in [0.3, 0.4) is 0 Å². The summed E-state index contributed by atoms with van der Waals surface area (Å²) in [5.41, 5.74) is 0.664. The molecule has 5 heteroatoms. The largest absolute Gasteiger partial charge is 0.395 e. The lowest BCUT2D eigenvalue weighted by atomic mass is 10.2. The van der Waals surface area contributed by atoms with Crippen LogP contribution < -0.4 is 5.32 Å². The smallest absolute Gasteiger partial charge is 0.268 e. The van der Waals surface area contributed by atoms with E-state index in [2.05, 4.69) is 5.32 Å². The lowest BCUT2D eigenvalue weighted by molar-refractivity contribution is 0.0926. The molecule has 0 fully saturated rings. The quantitative estimate of drug-likeness (QED) is 0.808. The van der Waals surface area contributed by atoms with Gasteiger partial charge in [0.1, 0.15) is 5.69 Å². The normalized spacial score (nSPS) is 14.4. The van der Waals surface area contributed by atoms with Crippen LogP contribution in [0.15, 0.2) is 18.3 Å². The number of carbonyl (C=O) groups is 1. The summed E-state index contributed by atoms with van der Waals surface area (Å²) in [4.78, 5) is 12.0. The molecule has 96 valence electrons. The van der Waals surface area contributed by atoms with Gasteiger partial charge in [-0.3, -0.25) is 4.79 Å². The summed E-state index contributed by atoms with van der Waals surface area (Å²) < 4.78 is 1.90. The SMILES string of the molecule is CCn1cccc1C(=O)NC(C)C(CO)SC. The van der Waals surface area contributed by atoms with Crippen LogP contribution in [-0.2, 0) is 6.54 Å². The zero-order valence-corrected chi connectivity index (χ0v) is 11.3. The van der Waals surface area contributed by atoms with Crippen LogP contribution in [0.4, 0.5) is 0 Å². The van der Waals surface area contributed by atoms with E-state index >= 15 is 0 Å². The third kappa shape index (κ3) is 3.51. The number of rotatable bonds is 6. The van der Waals surface area contributed by atoms with Crippen LogP contribution >= 0.6 is 11.8 Å². The molecule has 0 bridgehead atoms. The van der Waals surface area contributed by atoms with Gasteiger partial charge in [-0.05, 0) is 32.2 Å². The highest BCUT2D eigenvalue weighted by atomic mass is 32.2. The Bertz CT molecular complexity index is 361. The molecule has 1 aromatic rings. The van der Waals surface area contributed by atoms with Crippen LogP contribution in [0.1, 0.15) is 24.3 Å². The maximum Gasteiger partial charge on any atom is 0.268 e. The van der Waals surface area contributed by atoms with Crippen molar-refractivity contribution in [1.82, 2.24) is 9.88 Å². The Labute approximate surface area is 106 Å². The third-order valence-electron chi connectivity index (χ3n) is 2.80. The molecule has 4 nitrogen and oxygen atoms in total. The molecule has 0 aliphatic carbocycles. The molecule has 2 unspecified atom stereocenters. The highest BCUT2D eigenvalue weighted by Gasteiger charge is 2.19. The van der Waals surface area contributed by atoms with E-state index in [4.69, 9.17) is 5.11 Å². The molecule has 0 spiro atoms. The molecule has 17 heavy (non-hydrogen) atoms. The first-order chi connectivity index (χ1) is 8.13. The van der Waals surface area contributed by atoms with Gasteiger partial charge >= 0.3 is 0 Å². The molecule has 1 aromatic heterocycles. The monoisotopic (exact) mass is 256 g/mol. The van der Waals surface area contributed by atoms with E-state index in [9.17, 15) is 4.79 Å². The number of aromatic nitrogens is 1. The molecule has 0 aliphatic heterocycles. The fourth-order valence-electron chi connectivity index (χ4n) is 1.71. The fourth-order valence-corrected chi connectivity index (χ4v) is 2.33. The van der Waals surface area contributed by atoms with Crippen molar-refractivity contribution < 1.29 is 9.90 Å². The molecule has 1 heterocycles. The number of nitrogens with one attached hydrogen (secondary N) is 1. The van der Waals surface area contributed by atoms with Crippen molar-refractivity contribution in [2.24, 2.45) is 0 Å². The number of hydrogen-bond donors (Lipinski definition) is 2. The summed E-state index contributed by atoms with van der Waals surface area (Å²) in [6, 6.07) is 3.61. The van der Waals surface area contributed by atoms with Gasteiger partial charge in [-0.15, -0.1) is 0 Å². The predicted octanol–water partition coefficient (Wildman–Crippen LogP) is 1.35. The number of thioether (sulfide) groups is 1. The van der Waals surface area contributed by atoms with Gasteiger partial charge in [0.15, 0.2) is 0 Å². The molecule has 0 aliphatic rings. The van der Waals surface area contributed by atoms with E-state index in [1.807, 2.05) is 36.9 Å². The molecular formula is C12H20N2O2S. The number of aliphatic hydroxyl groups is 1. The van der Waals surface area contributed by atoms with E-state index in [-0.39, 0.29) is 23.8 Å². The number of aryl methyl sites for hydroxylation is 1. The van der Waals surface area contributed by atoms with E-state index in [0.717, 1.165) is 6.54 Å². The minimum atomic E-state index is -0.0862. The second-order valence-electron chi connectivity index (χ2n) is 3.90. The van der Waals surface area contributed by atoms with Gasteiger partial charge in [-0.2, -0.15) is 11.8 Å². The summed E-state index contributed by atoms with van der Waals surface area (Å²) in [5, 5.41) is 12.1. The average Bonchev–Trinajstić information content (AvgIpc) is 2.78. The van der Waals surface area contributed by atoms with Crippen LogP contribution in [-0.4, -0.2) is 39.7 Å².